The van der Waals surface area contributed by atoms with E-state index in [1.807, 2.05) is 60.0 Å². The lowest BCUT2D eigenvalue weighted by Gasteiger charge is -2.10. The van der Waals surface area contributed by atoms with E-state index in [0.29, 0.717) is 4.88 Å². The second-order valence-corrected chi connectivity index (χ2v) is 5.90. The lowest BCUT2D eigenvalue weighted by Crippen LogP contribution is -2.09. The first-order chi connectivity index (χ1) is 10.7. The Balaban J connectivity index is 1.68. The van der Waals surface area contributed by atoms with E-state index >= 15 is 0 Å². The molecule has 4 heteroatoms. The highest BCUT2D eigenvalue weighted by atomic mass is 32.1. The maximum atomic E-state index is 12.0. The number of hydrogen-bond acceptors (Lipinski definition) is 3. The van der Waals surface area contributed by atoms with Gasteiger partial charge in [-0.05, 0) is 54.3 Å². The standard InChI is InChI=1S/C18H16N2OS/c1-13-5-2-3-6-16(13)19-14-8-10-15(11-9-14)20-18(21)17-7-4-12-22-17/h2-12,19H,1H3,(H,20,21). The van der Waals surface area contributed by atoms with Gasteiger partial charge < -0.3 is 10.6 Å². The summed E-state index contributed by atoms with van der Waals surface area (Å²) in [5.41, 5.74) is 4.05. The number of para-hydroxylation sites is 1. The Morgan fingerprint density at radius 1 is 0.909 bits per heavy atom. The minimum absolute atomic E-state index is 0.0744. The molecule has 0 aliphatic heterocycles. The molecule has 0 spiro atoms. The molecule has 0 radical (unpaired) electrons. The van der Waals surface area contributed by atoms with Crippen LogP contribution in [0.1, 0.15) is 15.2 Å². The largest absolute Gasteiger partial charge is 0.355 e. The van der Waals surface area contributed by atoms with Gasteiger partial charge in [-0.25, -0.2) is 0 Å². The van der Waals surface area contributed by atoms with Gasteiger partial charge in [-0.3, -0.25) is 4.79 Å². The molecule has 3 aromatic rings. The van der Waals surface area contributed by atoms with Crippen molar-refractivity contribution in [2.45, 2.75) is 6.92 Å². The summed E-state index contributed by atoms with van der Waals surface area (Å²) in [5, 5.41) is 8.15. The van der Waals surface area contributed by atoms with Gasteiger partial charge in [0.2, 0.25) is 0 Å². The minimum Gasteiger partial charge on any atom is -0.355 e. The van der Waals surface area contributed by atoms with E-state index in [4.69, 9.17) is 0 Å². The van der Waals surface area contributed by atoms with Crippen LogP contribution in [0.25, 0.3) is 0 Å². The first-order valence-electron chi connectivity index (χ1n) is 7.00. The third-order valence-electron chi connectivity index (χ3n) is 3.31. The fourth-order valence-electron chi connectivity index (χ4n) is 2.11. The Morgan fingerprint density at radius 3 is 2.32 bits per heavy atom. The molecule has 0 bridgehead atoms. The summed E-state index contributed by atoms with van der Waals surface area (Å²) in [6, 6.07) is 19.5. The molecular weight excluding hydrogens is 292 g/mol. The van der Waals surface area contributed by atoms with Crippen LogP contribution in [-0.2, 0) is 0 Å². The molecule has 0 saturated heterocycles. The van der Waals surface area contributed by atoms with Gasteiger partial charge in [0.25, 0.3) is 5.91 Å². The number of anilines is 3. The second kappa shape index (κ2) is 6.45. The van der Waals surface area contributed by atoms with Crippen LogP contribution in [0.5, 0.6) is 0 Å². The Morgan fingerprint density at radius 2 is 1.64 bits per heavy atom. The summed E-state index contributed by atoms with van der Waals surface area (Å²) in [6.07, 6.45) is 0. The van der Waals surface area contributed by atoms with Crippen molar-refractivity contribution in [3.63, 3.8) is 0 Å². The minimum atomic E-state index is -0.0744. The molecule has 22 heavy (non-hydrogen) atoms. The monoisotopic (exact) mass is 308 g/mol. The van der Waals surface area contributed by atoms with Crippen LogP contribution < -0.4 is 10.6 Å². The number of carbonyl (C=O) groups is 1. The van der Waals surface area contributed by atoms with E-state index in [-0.39, 0.29) is 5.91 Å². The van der Waals surface area contributed by atoms with Gasteiger partial charge >= 0.3 is 0 Å². The van der Waals surface area contributed by atoms with Crippen molar-refractivity contribution in [3.8, 4) is 0 Å². The summed E-state index contributed by atoms with van der Waals surface area (Å²) in [6.45, 7) is 2.07. The number of aryl methyl sites for hydroxylation is 1. The summed E-state index contributed by atoms with van der Waals surface area (Å²) in [7, 11) is 0. The Bertz CT molecular complexity index is 764. The van der Waals surface area contributed by atoms with Crippen LogP contribution in [0, 0.1) is 6.92 Å². The van der Waals surface area contributed by atoms with Crippen LogP contribution in [0.15, 0.2) is 66.0 Å². The molecule has 1 heterocycles. The molecule has 3 rings (SSSR count). The fraction of sp³-hybridized carbons (Fsp3) is 0.0556. The quantitative estimate of drug-likeness (QED) is 0.708. The lowest BCUT2D eigenvalue weighted by atomic mass is 10.2. The maximum Gasteiger partial charge on any atom is 0.265 e. The number of carbonyl (C=O) groups excluding carboxylic acids is 1. The van der Waals surface area contributed by atoms with Gasteiger partial charge in [-0.1, -0.05) is 24.3 Å². The molecule has 0 saturated carbocycles. The average Bonchev–Trinajstić information content (AvgIpc) is 3.06. The molecule has 1 aromatic heterocycles. The predicted octanol–water partition coefficient (Wildman–Crippen LogP) is 5.05. The van der Waals surface area contributed by atoms with Crippen molar-refractivity contribution in [2.24, 2.45) is 0 Å². The van der Waals surface area contributed by atoms with Gasteiger partial charge in [0, 0.05) is 17.1 Å². The predicted molar refractivity (Wildman–Crippen MR) is 93.2 cm³/mol. The van der Waals surface area contributed by atoms with Crippen molar-refractivity contribution in [1.82, 2.24) is 0 Å². The zero-order valence-corrected chi connectivity index (χ0v) is 13.0. The zero-order chi connectivity index (χ0) is 15.4. The van der Waals surface area contributed by atoms with Crippen molar-refractivity contribution in [1.29, 1.82) is 0 Å². The van der Waals surface area contributed by atoms with Crippen LogP contribution in [0.3, 0.4) is 0 Å². The van der Waals surface area contributed by atoms with E-state index < -0.39 is 0 Å². The Labute approximate surface area is 133 Å². The lowest BCUT2D eigenvalue weighted by molar-refractivity contribution is 0.103. The van der Waals surface area contributed by atoms with Crippen molar-refractivity contribution < 1.29 is 4.79 Å². The molecule has 0 aliphatic carbocycles. The summed E-state index contributed by atoms with van der Waals surface area (Å²) in [4.78, 5) is 12.7. The smallest absolute Gasteiger partial charge is 0.265 e. The number of thiophene rings is 1. The SMILES string of the molecule is Cc1ccccc1Nc1ccc(NC(=O)c2cccs2)cc1. The molecule has 1 amide bonds. The number of nitrogens with one attached hydrogen (secondary N) is 2. The van der Waals surface area contributed by atoms with Crippen LogP contribution >= 0.6 is 11.3 Å². The summed E-state index contributed by atoms with van der Waals surface area (Å²) in [5.74, 6) is -0.0744. The van der Waals surface area contributed by atoms with Gasteiger partial charge in [0.1, 0.15) is 0 Å². The number of benzene rings is 2. The Hall–Kier alpha value is -2.59. The number of rotatable bonds is 4. The van der Waals surface area contributed by atoms with E-state index in [0.717, 1.165) is 17.1 Å². The number of hydrogen-bond donors (Lipinski definition) is 2. The topological polar surface area (TPSA) is 41.1 Å². The average molecular weight is 308 g/mol. The second-order valence-electron chi connectivity index (χ2n) is 4.95. The fourth-order valence-corrected chi connectivity index (χ4v) is 2.72. The van der Waals surface area contributed by atoms with E-state index in [1.165, 1.54) is 16.9 Å². The van der Waals surface area contributed by atoms with Crippen molar-refractivity contribution in [3.05, 3.63) is 76.5 Å². The molecule has 2 N–H and O–H groups in total. The Kier molecular flexibility index (Phi) is 4.21. The van der Waals surface area contributed by atoms with Gasteiger partial charge in [-0.2, -0.15) is 0 Å². The highest BCUT2D eigenvalue weighted by molar-refractivity contribution is 7.12. The van der Waals surface area contributed by atoms with Gasteiger partial charge in [-0.15, -0.1) is 11.3 Å². The molecule has 0 atom stereocenters. The van der Waals surface area contributed by atoms with Gasteiger partial charge in [0.05, 0.1) is 4.88 Å². The van der Waals surface area contributed by atoms with Gasteiger partial charge in [0.15, 0.2) is 0 Å². The summed E-state index contributed by atoms with van der Waals surface area (Å²) >= 11 is 1.43. The molecule has 2 aromatic carbocycles. The highest BCUT2D eigenvalue weighted by Gasteiger charge is 2.06. The molecule has 3 nitrogen and oxygen atoms in total. The van der Waals surface area contributed by atoms with E-state index in [9.17, 15) is 4.79 Å². The molecule has 0 unspecified atom stereocenters. The third-order valence-corrected chi connectivity index (χ3v) is 4.18. The molecular formula is C18H16N2OS. The first kappa shape index (κ1) is 14.4. The first-order valence-corrected chi connectivity index (χ1v) is 7.88. The number of amides is 1. The van der Waals surface area contributed by atoms with Crippen LogP contribution in [-0.4, -0.2) is 5.91 Å². The van der Waals surface area contributed by atoms with Crippen molar-refractivity contribution >= 4 is 34.3 Å². The zero-order valence-electron chi connectivity index (χ0n) is 12.2. The molecule has 0 fully saturated rings. The normalized spacial score (nSPS) is 10.2. The van der Waals surface area contributed by atoms with Crippen LogP contribution in [0.4, 0.5) is 17.1 Å². The van der Waals surface area contributed by atoms with Crippen molar-refractivity contribution in [2.75, 3.05) is 10.6 Å². The van der Waals surface area contributed by atoms with E-state index in [1.54, 1.807) is 0 Å². The maximum absolute atomic E-state index is 12.0. The highest BCUT2D eigenvalue weighted by Crippen LogP contribution is 2.22. The summed E-state index contributed by atoms with van der Waals surface area (Å²) < 4.78 is 0. The third kappa shape index (κ3) is 3.35. The molecule has 0 aliphatic rings. The molecule has 110 valence electrons. The van der Waals surface area contributed by atoms with E-state index in [2.05, 4.69) is 23.6 Å². The van der Waals surface area contributed by atoms with Crippen LogP contribution in [0.2, 0.25) is 0 Å².